The summed E-state index contributed by atoms with van der Waals surface area (Å²) in [6, 6.07) is 4.94. The third-order valence-corrected chi connectivity index (χ3v) is 5.84. The first kappa shape index (κ1) is 18.9. The number of carbonyl (C=O) groups is 1. The summed E-state index contributed by atoms with van der Waals surface area (Å²) in [5.41, 5.74) is 0.520. The van der Waals surface area contributed by atoms with E-state index in [1.165, 1.54) is 0 Å². The number of piperidine rings is 1. The van der Waals surface area contributed by atoms with E-state index in [0.717, 1.165) is 19.4 Å². The van der Waals surface area contributed by atoms with Crippen LogP contribution in [0.1, 0.15) is 39.2 Å². The fraction of sp³-hybridized carbons (Fsp3) is 0.588. The van der Waals surface area contributed by atoms with Crippen molar-refractivity contribution < 1.29 is 13.2 Å². The Bertz CT molecular complexity index is 702. The van der Waals surface area contributed by atoms with E-state index in [2.05, 4.69) is 15.4 Å². The summed E-state index contributed by atoms with van der Waals surface area (Å²) in [6.07, 6.45) is 1.82. The highest BCUT2D eigenvalue weighted by Crippen LogP contribution is 2.25. The van der Waals surface area contributed by atoms with E-state index in [-0.39, 0.29) is 16.7 Å². The minimum Gasteiger partial charge on any atom is -0.326 e. The lowest BCUT2D eigenvalue weighted by Gasteiger charge is -2.24. The second-order valence-electron chi connectivity index (χ2n) is 7.32. The Balaban J connectivity index is 2.23. The molecule has 1 unspecified atom stereocenters. The first-order valence-corrected chi connectivity index (χ1v) is 9.74. The molecule has 1 amide bonds. The van der Waals surface area contributed by atoms with Gasteiger partial charge in [0.15, 0.2) is 0 Å². The van der Waals surface area contributed by atoms with E-state index in [1.807, 2.05) is 0 Å². The van der Waals surface area contributed by atoms with Crippen molar-refractivity contribution in [1.82, 2.24) is 10.0 Å². The quantitative estimate of drug-likeness (QED) is 0.773. The Kier molecular flexibility index (Phi) is 5.67. The molecule has 24 heavy (non-hydrogen) atoms. The van der Waals surface area contributed by atoms with Crippen LogP contribution in [-0.2, 0) is 14.8 Å². The minimum atomic E-state index is -3.65. The zero-order valence-electron chi connectivity index (χ0n) is 14.8. The molecule has 1 saturated heterocycles. The highest BCUT2D eigenvalue weighted by Gasteiger charge is 2.26. The second-order valence-corrected chi connectivity index (χ2v) is 8.97. The molecule has 1 aliphatic heterocycles. The summed E-state index contributed by atoms with van der Waals surface area (Å²) in [7, 11) is -3.65. The molecule has 134 valence electrons. The van der Waals surface area contributed by atoms with E-state index in [9.17, 15) is 13.2 Å². The van der Waals surface area contributed by atoms with Gasteiger partial charge in [-0.15, -0.1) is 0 Å². The molecule has 1 aromatic rings. The van der Waals surface area contributed by atoms with Crippen LogP contribution in [0.4, 0.5) is 5.69 Å². The number of amides is 1. The molecule has 1 heterocycles. The molecule has 1 atom stereocenters. The van der Waals surface area contributed by atoms with Crippen molar-refractivity contribution in [3.63, 3.8) is 0 Å². The van der Waals surface area contributed by atoms with Crippen molar-refractivity contribution in [2.24, 2.45) is 5.92 Å². The summed E-state index contributed by atoms with van der Waals surface area (Å²) in [6.45, 7) is 8.69. The van der Waals surface area contributed by atoms with E-state index >= 15 is 0 Å². The van der Waals surface area contributed by atoms with E-state index in [0.29, 0.717) is 17.8 Å². The van der Waals surface area contributed by atoms with Crippen molar-refractivity contribution in [2.75, 3.05) is 18.4 Å². The predicted octanol–water partition coefficient (Wildman–Crippen LogP) is 2.01. The lowest BCUT2D eigenvalue weighted by molar-refractivity contribution is -0.120. The minimum absolute atomic E-state index is 0.0661. The molecule has 3 N–H and O–H groups in total. The first-order chi connectivity index (χ1) is 11.1. The molecule has 1 aliphatic rings. The lowest BCUT2D eigenvalue weighted by Crippen LogP contribution is -2.40. The van der Waals surface area contributed by atoms with Gasteiger partial charge in [-0.3, -0.25) is 4.79 Å². The predicted molar refractivity (Wildman–Crippen MR) is 95.5 cm³/mol. The summed E-state index contributed by atoms with van der Waals surface area (Å²) >= 11 is 0. The SMILES string of the molecule is Cc1c(NC(=O)C2CCCNC2)cccc1S(=O)(=O)NC(C)(C)C. The van der Waals surface area contributed by atoms with Gasteiger partial charge >= 0.3 is 0 Å². The fourth-order valence-electron chi connectivity index (χ4n) is 2.81. The number of benzene rings is 1. The number of carbonyl (C=O) groups excluding carboxylic acids is 1. The molecule has 0 aliphatic carbocycles. The van der Waals surface area contributed by atoms with Crippen LogP contribution >= 0.6 is 0 Å². The van der Waals surface area contributed by atoms with Gasteiger partial charge in [-0.2, -0.15) is 0 Å². The molecule has 0 saturated carbocycles. The van der Waals surface area contributed by atoms with Crippen molar-refractivity contribution in [1.29, 1.82) is 0 Å². The Morgan fingerprint density at radius 1 is 1.29 bits per heavy atom. The summed E-state index contributed by atoms with van der Waals surface area (Å²) in [4.78, 5) is 12.6. The highest BCUT2D eigenvalue weighted by atomic mass is 32.2. The van der Waals surface area contributed by atoms with Gasteiger partial charge < -0.3 is 10.6 Å². The third kappa shape index (κ3) is 4.78. The first-order valence-electron chi connectivity index (χ1n) is 8.25. The van der Waals surface area contributed by atoms with Gasteiger partial charge in [0.25, 0.3) is 0 Å². The molecule has 0 aromatic heterocycles. The average molecular weight is 353 g/mol. The van der Waals surface area contributed by atoms with Crippen LogP contribution in [0.25, 0.3) is 0 Å². The Morgan fingerprint density at radius 2 is 2.00 bits per heavy atom. The van der Waals surface area contributed by atoms with Crippen molar-refractivity contribution in [3.8, 4) is 0 Å². The van der Waals surface area contributed by atoms with E-state index < -0.39 is 15.6 Å². The van der Waals surface area contributed by atoms with Crippen LogP contribution < -0.4 is 15.4 Å². The van der Waals surface area contributed by atoms with Crippen LogP contribution in [0.15, 0.2) is 23.1 Å². The third-order valence-electron chi connectivity index (χ3n) is 3.94. The van der Waals surface area contributed by atoms with Crippen molar-refractivity contribution in [2.45, 2.75) is 51.0 Å². The van der Waals surface area contributed by atoms with Crippen molar-refractivity contribution >= 4 is 21.6 Å². The molecule has 7 heteroatoms. The van der Waals surface area contributed by atoms with Gasteiger partial charge in [0.2, 0.25) is 15.9 Å². The molecule has 1 aromatic carbocycles. The number of sulfonamides is 1. The molecule has 2 rings (SSSR count). The maximum atomic E-state index is 12.6. The number of anilines is 1. The van der Waals surface area contributed by atoms with E-state index in [1.54, 1.807) is 45.9 Å². The van der Waals surface area contributed by atoms with Gasteiger partial charge in [0.1, 0.15) is 0 Å². The van der Waals surface area contributed by atoms with Gasteiger partial charge in [0, 0.05) is 17.8 Å². The zero-order chi connectivity index (χ0) is 18.0. The largest absolute Gasteiger partial charge is 0.326 e. The molecule has 6 nitrogen and oxygen atoms in total. The second kappa shape index (κ2) is 7.21. The Hall–Kier alpha value is -1.44. The standard InChI is InChI=1S/C17H27N3O3S/c1-12-14(19-16(21)13-7-6-10-18-11-13)8-5-9-15(12)24(22,23)20-17(2,3)4/h5,8-9,13,18,20H,6-7,10-11H2,1-4H3,(H,19,21). The Labute approximate surface area is 144 Å². The van der Waals surface area contributed by atoms with Crippen LogP contribution in [0, 0.1) is 12.8 Å². The Morgan fingerprint density at radius 3 is 2.58 bits per heavy atom. The molecule has 0 radical (unpaired) electrons. The van der Waals surface area contributed by atoms with E-state index in [4.69, 9.17) is 0 Å². The molecular formula is C17H27N3O3S. The molecular weight excluding hydrogens is 326 g/mol. The number of rotatable bonds is 4. The molecule has 1 fully saturated rings. The summed E-state index contributed by atoms with van der Waals surface area (Å²) in [5.74, 6) is -0.144. The lowest BCUT2D eigenvalue weighted by atomic mass is 9.98. The maximum absolute atomic E-state index is 12.6. The van der Waals surface area contributed by atoms with Crippen molar-refractivity contribution in [3.05, 3.63) is 23.8 Å². The number of nitrogens with one attached hydrogen (secondary N) is 3. The number of hydrogen-bond acceptors (Lipinski definition) is 4. The summed E-state index contributed by atoms with van der Waals surface area (Å²) in [5, 5.41) is 6.09. The number of hydrogen-bond donors (Lipinski definition) is 3. The average Bonchev–Trinajstić information content (AvgIpc) is 2.47. The normalized spacial score (nSPS) is 19.1. The molecule has 0 bridgehead atoms. The summed E-state index contributed by atoms with van der Waals surface area (Å²) < 4.78 is 27.8. The van der Waals surface area contributed by atoms with Crippen LogP contribution in [0.2, 0.25) is 0 Å². The van der Waals surface area contributed by atoms with Gasteiger partial charge in [-0.25, -0.2) is 13.1 Å². The van der Waals surface area contributed by atoms with Gasteiger partial charge in [0.05, 0.1) is 10.8 Å². The zero-order valence-corrected chi connectivity index (χ0v) is 15.6. The van der Waals surface area contributed by atoms with Crippen LogP contribution in [0.3, 0.4) is 0 Å². The van der Waals surface area contributed by atoms with Gasteiger partial charge in [-0.1, -0.05) is 6.07 Å². The fourth-order valence-corrected chi connectivity index (χ4v) is 4.50. The maximum Gasteiger partial charge on any atom is 0.241 e. The monoisotopic (exact) mass is 353 g/mol. The van der Waals surface area contributed by atoms with Crippen LogP contribution in [0.5, 0.6) is 0 Å². The highest BCUT2D eigenvalue weighted by molar-refractivity contribution is 7.89. The van der Waals surface area contributed by atoms with Gasteiger partial charge in [-0.05, 0) is 64.8 Å². The smallest absolute Gasteiger partial charge is 0.241 e. The topological polar surface area (TPSA) is 87.3 Å². The molecule has 0 spiro atoms. The van der Waals surface area contributed by atoms with Crippen LogP contribution in [-0.4, -0.2) is 33.0 Å².